The number of rotatable bonds is 3. The summed E-state index contributed by atoms with van der Waals surface area (Å²) in [6.45, 7) is 11.0. The van der Waals surface area contributed by atoms with Crippen LogP contribution in [-0.2, 0) is 11.8 Å². The summed E-state index contributed by atoms with van der Waals surface area (Å²) < 4.78 is 0. The Labute approximate surface area is 129 Å². The van der Waals surface area contributed by atoms with Gasteiger partial charge in [0, 0.05) is 6.04 Å². The van der Waals surface area contributed by atoms with Crippen molar-refractivity contribution in [1.82, 2.24) is 0 Å². The Morgan fingerprint density at radius 2 is 1.57 bits per heavy atom. The Kier molecular flexibility index (Phi) is 4.53. The molecule has 0 spiro atoms. The van der Waals surface area contributed by atoms with Crippen molar-refractivity contribution in [3.63, 3.8) is 0 Å². The molecule has 2 aromatic rings. The zero-order chi connectivity index (χ0) is 15.6. The van der Waals surface area contributed by atoms with Crippen LogP contribution in [0, 0.1) is 13.8 Å². The highest BCUT2D eigenvalue weighted by Crippen LogP contribution is 2.25. The molecule has 0 fully saturated rings. The normalized spacial score (nSPS) is 13.2. The molecule has 1 unspecified atom stereocenters. The average Bonchev–Trinajstić information content (AvgIpc) is 2.41. The molecule has 21 heavy (non-hydrogen) atoms. The van der Waals surface area contributed by atoms with Crippen LogP contribution in [0.15, 0.2) is 42.5 Å². The highest BCUT2D eigenvalue weighted by molar-refractivity contribution is 5.35. The van der Waals surface area contributed by atoms with Gasteiger partial charge >= 0.3 is 0 Å². The van der Waals surface area contributed by atoms with Crippen molar-refractivity contribution in [3.05, 3.63) is 70.3 Å². The molecule has 1 heteroatoms. The summed E-state index contributed by atoms with van der Waals surface area (Å²) in [4.78, 5) is 0. The molecule has 0 aliphatic rings. The van der Waals surface area contributed by atoms with Crippen molar-refractivity contribution in [3.8, 4) is 0 Å². The quantitative estimate of drug-likeness (QED) is 0.855. The maximum Gasteiger partial charge on any atom is 0.0338 e. The van der Waals surface area contributed by atoms with Crippen molar-refractivity contribution >= 4 is 0 Å². The number of aryl methyl sites for hydroxylation is 2. The van der Waals surface area contributed by atoms with E-state index in [1.807, 2.05) is 0 Å². The lowest BCUT2D eigenvalue weighted by atomic mass is 9.86. The molecule has 2 N–H and O–H groups in total. The first-order valence-electron chi connectivity index (χ1n) is 7.69. The zero-order valence-corrected chi connectivity index (χ0v) is 13.9. The van der Waals surface area contributed by atoms with Crippen LogP contribution in [0.1, 0.15) is 54.6 Å². The Bertz CT molecular complexity index is 603. The van der Waals surface area contributed by atoms with Crippen molar-refractivity contribution in [2.45, 2.75) is 52.5 Å². The van der Waals surface area contributed by atoms with Gasteiger partial charge in [-0.05, 0) is 47.9 Å². The molecule has 0 saturated heterocycles. The number of benzene rings is 2. The van der Waals surface area contributed by atoms with E-state index in [4.69, 9.17) is 5.73 Å². The van der Waals surface area contributed by atoms with Crippen LogP contribution in [0.5, 0.6) is 0 Å². The fourth-order valence-corrected chi connectivity index (χ4v) is 2.66. The lowest BCUT2D eigenvalue weighted by molar-refractivity contribution is 0.589. The SMILES string of the molecule is Cc1ccc(C)c(C(N)Cc2ccc(C(C)(C)C)cc2)c1. The van der Waals surface area contributed by atoms with Crippen LogP contribution in [-0.4, -0.2) is 0 Å². The summed E-state index contributed by atoms with van der Waals surface area (Å²) in [5.74, 6) is 0. The first kappa shape index (κ1) is 15.8. The van der Waals surface area contributed by atoms with E-state index in [0.717, 1.165) is 6.42 Å². The van der Waals surface area contributed by atoms with E-state index in [2.05, 4.69) is 77.1 Å². The highest BCUT2D eigenvalue weighted by Gasteiger charge is 2.14. The molecule has 0 amide bonds. The summed E-state index contributed by atoms with van der Waals surface area (Å²) in [7, 11) is 0. The smallest absolute Gasteiger partial charge is 0.0338 e. The second kappa shape index (κ2) is 6.03. The predicted molar refractivity (Wildman–Crippen MR) is 91.7 cm³/mol. The Hall–Kier alpha value is -1.60. The van der Waals surface area contributed by atoms with E-state index in [1.165, 1.54) is 27.8 Å². The number of hydrogen-bond donors (Lipinski definition) is 1. The Morgan fingerprint density at radius 3 is 2.14 bits per heavy atom. The fourth-order valence-electron chi connectivity index (χ4n) is 2.66. The fraction of sp³-hybridized carbons (Fsp3) is 0.400. The third-order valence-corrected chi connectivity index (χ3v) is 4.11. The molecule has 0 bridgehead atoms. The van der Waals surface area contributed by atoms with Gasteiger partial charge in [-0.25, -0.2) is 0 Å². The molecule has 1 nitrogen and oxygen atoms in total. The first-order chi connectivity index (χ1) is 9.77. The summed E-state index contributed by atoms with van der Waals surface area (Å²) >= 11 is 0. The van der Waals surface area contributed by atoms with Crippen molar-refractivity contribution < 1.29 is 0 Å². The largest absolute Gasteiger partial charge is 0.324 e. The number of nitrogens with two attached hydrogens (primary N) is 1. The molecule has 2 rings (SSSR count). The summed E-state index contributed by atoms with van der Waals surface area (Å²) in [6.07, 6.45) is 0.884. The van der Waals surface area contributed by atoms with Crippen LogP contribution in [0.2, 0.25) is 0 Å². The van der Waals surface area contributed by atoms with Gasteiger partial charge in [-0.3, -0.25) is 0 Å². The van der Waals surface area contributed by atoms with Crippen LogP contribution in [0.4, 0.5) is 0 Å². The van der Waals surface area contributed by atoms with Crippen molar-refractivity contribution in [2.75, 3.05) is 0 Å². The molecular formula is C20H27N. The van der Waals surface area contributed by atoms with E-state index < -0.39 is 0 Å². The Balaban J connectivity index is 2.16. The van der Waals surface area contributed by atoms with Gasteiger partial charge in [-0.1, -0.05) is 68.8 Å². The topological polar surface area (TPSA) is 26.0 Å². The lowest BCUT2D eigenvalue weighted by Crippen LogP contribution is -2.15. The van der Waals surface area contributed by atoms with Gasteiger partial charge in [-0.15, -0.1) is 0 Å². The minimum Gasteiger partial charge on any atom is -0.324 e. The van der Waals surface area contributed by atoms with Gasteiger partial charge in [0.2, 0.25) is 0 Å². The summed E-state index contributed by atoms with van der Waals surface area (Å²) in [5.41, 5.74) is 13.1. The maximum atomic E-state index is 6.42. The molecule has 0 heterocycles. The molecule has 2 aromatic carbocycles. The molecule has 0 aromatic heterocycles. The van der Waals surface area contributed by atoms with Crippen LogP contribution >= 0.6 is 0 Å². The lowest BCUT2D eigenvalue weighted by Gasteiger charge is -2.20. The monoisotopic (exact) mass is 281 g/mol. The minimum atomic E-state index is 0.0605. The van der Waals surface area contributed by atoms with Gasteiger partial charge in [0.1, 0.15) is 0 Å². The molecule has 0 aliphatic carbocycles. The van der Waals surface area contributed by atoms with Gasteiger partial charge in [0.15, 0.2) is 0 Å². The van der Waals surface area contributed by atoms with Crippen molar-refractivity contribution in [2.24, 2.45) is 5.73 Å². The summed E-state index contributed by atoms with van der Waals surface area (Å²) in [5, 5.41) is 0. The molecule has 0 saturated carbocycles. The Morgan fingerprint density at radius 1 is 0.952 bits per heavy atom. The van der Waals surface area contributed by atoms with E-state index >= 15 is 0 Å². The van der Waals surface area contributed by atoms with E-state index in [0.29, 0.717) is 0 Å². The molecule has 112 valence electrons. The van der Waals surface area contributed by atoms with Crippen molar-refractivity contribution in [1.29, 1.82) is 0 Å². The van der Waals surface area contributed by atoms with E-state index in [-0.39, 0.29) is 11.5 Å². The second-order valence-electron chi connectivity index (χ2n) is 7.12. The molecular weight excluding hydrogens is 254 g/mol. The molecule has 0 aliphatic heterocycles. The van der Waals surface area contributed by atoms with E-state index in [1.54, 1.807) is 0 Å². The first-order valence-corrected chi connectivity index (χ1v) is 7.69. The van der Waals surface area contributed by atoms with Crippen LogP contribution in [0.25, 0.3) is 0 Å². The van der Waals surface area contributed by atoms with Gasteiger partial charge in [0.25, 0.3) is 0 Å². The summed E-state index contributed by atoms with van der Waals surface area (Å²) in [6, 6.07) is 15.5. The zero-order valence-electron chi connectivity index (χ0n) is 13.9. The van der Waals surface area contributed by atoms with E-state index in [9.17, 15) is 0 Å². The van der Waals surface area contributed by atoms with Crippen LogP contribution < -0.4 is 5.73 Å². The maximum absolute atomic E-state index is 6.42. The minimum absolute atomic E-state index is 0.0605. The number of hydrogen-bond acceptors (Lipinski definition) is 1. The molecule has 0 radical (unpaired) electrons. The standard InChI is InChI=1S/C20H27N/c1-14-6-7-15(2)18(12-14)19(21)13-16-8-10-17(11-9-16)20(3,4)5/h6-12,19H,13,21H2,1-5H3. The third-order valence-electron chi connectivity index (χ3n) is 4.11. The second-order valence-corrected chi connectivity index (χ2v) is 7.12. The third kappa shape index (κ3) is 3.95. The average molecular weight is 281 g/mol. The highest BCUT2D eigenvalue weighted by atomic mass is 14.6. The molecule has 1 atom stereocenters. The van der Waals surface area contributed by atoms with Gasteiger partial charge < -0.3 is 5.73 Å². The van der Waals surface area contributed by atoms with Gasteiger partial charge in [0.05, 0.1) is 0 Å². The van der Waals surface area contributed by atoms with Crippen LogP contribution in [0.3, 0.4) is 0 Å². The predicted octanol–water partition coefficient (Wildman–Crippen LogP) is 4.84. The van der Waals surface area contributed by atoms with Gasteiger partial charge in [-0.2, -0.15) is 0 Å².